The lowest BCUT2D eigenvalue weighted by Gasteiger charge is -2.12. The van der Waals surface area contributed by atoms with Crippen LogP contribution in [0.3, 0.4) is 0 Å². The number of guanidine groups is 1. The van der Waals surface area contributed by atoms with Gasteiger partial charge >= 0.3 is 0 Å². The summed E-state index contributed by atoms with van der Waals surface area (Å²) in [6.45, 7) is 7.17. The standard InChI is InChI=1S/C18H28N4O4/c1-2-19-18(20-9-3-10-25-13-16-8-11-26-14-16)21-12-15-4-6-17(7-5-15)22(23)24/h4-7,16H,2-3,8-14H2,1H3,(H2,19,20,21). The van der Waals surface area contributed by atoms with E-state index in [4.69, 9.17) is 9.47 Å². The summed E-state index contributed by atoms with van der Waals surface area (Å²) in [5, 5.41) is 17.1. The zero-order valence-corrected chi connectivity index (χ0v) is 15.3. The molecule has 0 radical (unpaired) electrons. The van der Waals surface area contributed by atoms with E-state index in [1.165, 1.54) is 12.1 Å². The second kappa shape index (κ2) is 11.4. The van der Waals surface area contributed by atoms with Crippen LogP contribution in [0.2, 0.25) is 0 Å². The Balaban J connectivity index is 1.67. The lowest BCUT2D eigenvalue weighted by molar-refractivity contribution is -0.384. The fourth-order valence-corrected chi connectivity index (χ4v) is 2.58. The monoisotopic (exact) mass is 364 g/mol. The average Bonchev–Trinajstić information content (AvgIpc) is 3.16. The van der Waals surface area contributed by atoms with Gasteiger partial charge in [-0.3, -0.25) is 10.1 Å². The zero-order chi connectivity index (χ0) is 18.6. The van der Waals surface area contributed by atoms with E-state index >= 15 is 0 Å². The lowest BCUT2D eigenvalue weighted by Crippen LogP contribution is -2.38. The van der Waals surface area contributed by atoms with Crippen LogP contribution in [-0.2, 0) is 16.0 Å². The smallest absolute Gasteiger partial charge is 0.269 e. The SMILES string of the molecule is CCNC(=NCc1ccc([N+](=O)[O-])cc1)NCCCOCC1CCOC1. The van der Waals surface area contributed by atoms with Gasteiger partial charge in [0.2, 0.25) is 0 Å². The molecule has 0 bridgehead atoms. The molecule has 0 spiro atoms. The molecule has 2 N–H and O–H groups in total. The van der Waals surface area contributed by atoms with Crippen LogP contribution in [0, 0.1) is 16.0 Å². The van der Waals surface area contributed by atoms with E-state index in [1.54, 1.807) is 12.1 Å². The Labute approximate surface area is 154 Å². The van der Waals surface area contributed by atoms with Crippen LogP contribution >= 0.6 is 0 Å². The van der Waals surface area contributed by atoms with Crippen LogP contribution in [0.4, 0.5) is 5.69 Å². The minimum atomic E-state index is -0.402. The van der Waals surface area contributed by atoms with E-state index in [0.29, 0.717) is 19.1 Å². The second-order valence-electron chi connectivity index (χ2n) is 6.20. The third-order valence-electron chi connectivity index (χ3n) is 4.05. The van der Waals surface area contributed by atoms with Crippen molar-refractivity contribution in [1.29, 1.82) is 0 Å². The summed E-state index contributed by atoms with van der Waals surface area (Å²) in [4.78, 5) is 14.8. The summed E-state index contributed by atoms with van der Waals surface area (Å²) in [7, 11) is 0. The van der Waals surface area contributed by atoms with Crippen LogP contribution < -0.4 is 10.6 Å². The first-order valence-electron chi connectivity index (χ1n) is 9.10. The van der Waals surface area contributed by atoms with Crippen LogP contribution in [-0.4, -0.2) is 50.4 Å². The van der Waals surface area contributed by atoms with Gasteiger partial charge < -0.3 is 20.1 Å². The maximum atomic E-state index is 10.7. The molecule has 0 aromatic heterocycles. The van der Waals surface area contributed by atoms with Gasteiger partial charge in [-0.15, -0.1) is 0 Å². The van der Waals surface area contributed by atoms with Gasteiger partial charge in [0.05, 0.1) is 24.7 Å². The van der Waals surface area contributed by atoms with E-state index < -0.39 is 4.92 Å². The lowest BCUT2D eigenvalue weighted by atomic mass is 10.1. The molecule has 0 amide bonds. The second-order valence-corrected chi connectivity index (χ2v) is 6.20. The molecule has 1 atom stereocenters. The first-order valence-corrected chi connectivity index (χ1v) is 9.10. The van der Waals surface area contributed by atoms with E-state index in [-0.39, 0.29) is 5.69 Å². The third-order valence-corrected chi connectivity index (χ3v) is 4.05. The summed E-state index contributed by atoms with van der Waals surface area (Å²) >= 11 is 0. The molecule has 1 aliphatic rings. The first-order chi connectivity index (χ1) is 12.7. The van der Waals surface area contributed by atoms with Gasteiger partial charge in [0.25, 0.3) is 5.69 Å². The van der Waals surface area contributed by atoms with Crippen molar-refractivity contribution >= 4 is 11.6 Å². The molecule has 8 nitrogen and oxygen atoms in total. The van der Waals surface area contributed by atoms with Gasteiger partial charge in [-0.25, -0.2) is 4.99 Å². The average molecular weight is 364 g/mol. The molecule has 1 saturated heterocycles. The number of rotatable bonds is 10. The minimum Gasteiger partial charge on any atom is -0.381 e. The van der Waals surface area contributed by atoms with Crippen molar-refractivity contribution in [2.24, 2.45) is 10.9 Å². The molecule has 1 unspecified atom stereocenters. The van der Waals surface area contributed by atoms with Crippen molar-refractivity contribution in [2.75, 3.05) is 39.5 Å². The Hall–Kier alpha value is -2.19. The van der Waals surface area contributed by atoms with Crippen LogP contribution in [0.25, 0.3) is 0 Å². The molecule has 1 aromatic rings. The maximum absolute atomic E-state index is 10.7. The van der Waals surface area contributed by atoms with Gasteiger partial charge in [-0.2, -0.15) is 0 Å². The summed E-state index contributed by atoms with van der Waals surface area (Å²) in [6, 6.07) is 6.45. The number of hydrogen-bond acceptors (Lipinski definition) is 5. The topological polar surface area (TPSA) is 98.0 Å². The van der Waals surface area contributed by atoms with Crippen molar-refractivity contribution in [2.45, 2.75) is 26.3 Å². The number of benzene rings is 1. The highest BCUT2D eigenvalue weighted by Gasteiger charge is 2.15. The fourth-order valence-electron chi connectivity index (χ4n) is 2.58. The van der Waals surface area contributed by atoms with Crippen molar-refractivity contribution in [3.63, 3.8) is 0 Å². The number of hydrogen-bond donors (Lipinski definition) is 2. The molecule has 1 aliphatic heterocycles. The summed E-state index contributed by atoms with van der Waals surface area (Å²) < 4.78 is 11.0. The Kier molecular flexibility index (Phi) is 8.85. The third kappa shape index (κ3) is 7.37. The van der Waals surface area contributed by atoms with Crippen molar-refractivity contribution in [3.8, 4) is 0 Å². The molecule has 2 rings (SSSR count). The normalized spacial score (nSPS) is 17.3. The Morgan fingerprint density at radius 3 is 2.85 bits per heavy atom. The Morgan fingerprint density at radius 2 is 2.19 bits per heavy atom. The van der Waals surface area contributed by atoms with Gasteiger partial charge in [-0.05, 0) is 25.3 Å². The summed E-state index contributed by atoms with van der Waals surface area (Å²) in [5.41, 5.74) is 1.02. The summed E-state index contributed by atoms with van der Waals surface area (Å²) in [5.74, 6) is 1.28. The van der Waals surface area contributed by atoms with E-state index in [1.807, 2.05) is 6.92 Å². The molecular weight excluding hydrogens is 336 g/mol. The van der Waals surface area contributed by atoms with E-state index in [2.05, 4.69) is 15.6 Å². The first kappa shape index (κ1) is 20.1. The quantitative estimate of drug-likeness (QED) is 0.217. The Morgan fingerprint density at radius 1 is 1.38 bits per heavy atom. The molecule has 1 heterocycles. The van der Waals surface area contributed by atoms with Crippen LogP contribution in [0.15, 0.2) is 29.3 Å². The maximum Gasteiger partial charge on any atom is 0.269 e. The molecule has 8 heteroatoms. The zero-order valence-electron chi connectivity index (χ0n) is 15.3. The molecule has 1 fully saturated rings. The summed E-state index contributed by atoms with van der Waals surface area (Å²) in [6.07, 6.45) is 1.99. The molecule has 0 aliphatic carbocycles. The van der Waals surface area contributed by atoms with Gasteiger partial charge in [0, 0.05) is 44.4 Å². The molecule has 144 valence electrons. The van der Waals surface area contributed by atoms with Gasteiger partial charge in [-0.1, -0.05) is 12.1 Å². The number of aliphatic imine (C=N–C) groups is 1. The van der Waals surface area contributed by atoms with Crippen molar-refractivity contribution < 1.29 is 14.4 Å². The number of non-ortho nitro benzene ring substituents is 1. The number of nitro benzene ring substituents is 1. The van der Waals surface area contributed by atoms with Crippen molar-refractivity contribution in [1.82, 2.24) is 10.6 Å². The highest BCUT2D eigenvalue weighted by atomic mass is 16.6. The van der Waals surface area contributed by atoms with Crippen molar-refractivity contribution in [3.05, 3.63) is 39.9 Å². The molecule has 1 aromatic carbocycles. The van der Waals surface area contributed by atoms with Gasteiger partial charge in [0.1, 0.15) is 0 Å². The van der Waals surface area contributed by atoms with Gasteiger partial charge in [0.15, 0.2) is 5.96 Å². The minimum absolute atomic E-state index is 0.0897. The largest absolute Gasteiger partial charge is 0.381 e. The number of nitrogens with zero attached hydrogens (tertiary/aromatic N) is 2. The van der Waals surface area contributed by atoms with E-state index in [0.717, 1.165) is 57.3 Å². The number of nitrogens with one attached hydrogen (secondary N) is 2. The predicted molar refractivity (Wildman–Crippen MR) is 100 cm³/mol. The molecule has 0 saturated carbocycles. The molecule has 26 heavy (non-hydrogen) atoms. The van der Waals surface area contributed by atoms with E-state index in [9.17, 15) is 10.1 Å². The number of nitro groups is 1. The number of ether oxygens (including phenoxy) is 2. The molecular formula is C18H28N4O4. The highest BCUT2D eigenvalue weighted by molar-refractivity contribution is 5.79. The van der Waals surface area contributed by atoms with Crippen LogP contribution in [0.5, 0.6) is 0 Å². The predicted octanol–water partition coefficient (Wildman–Crippen LogP) is 2.09. The highest BCUT2D eigenvalue weighted by Crippen LogP contribution is 2.13. The fraction of sp³-hybridized carbons (Fsp3) is 0.611. The van der Waals surface area contributed by atoms with Crippen LogP contribution in [0.1, 0.15) is 25.3 Å². The Bertz CT molecular complexity index is 571.